The molecule has 0 saturated heterocycles. The molecule has 1 aromatic carbocycles. The van der Waals surface area contributed by atoms with Crippen LogP contribution in [0.3, 0.4) is 0 Å². The molecule has 0 aliphatic rings. The lowest BCUT2D eigenvalue weighted by atomic mass is 10.2. The monoisotopic (exact) mass is 197 g/mol. The van der Waals surface area contributed by atoms with Crippen molar-refractivity contribution in [3.05, 3.63) is 35.2 Å². The van der Waals surface area contributed by atoms with Gasteiger partial charge in [-0.2, -0.15) is 0 Å². The highest BCUT2D eigenvalue weighted by Crippen LogP contribution is 2.25. The van der Waals surface area contributed by atoms with Crippen LogP contribution < -0.4 is 0 Å². The zero-order valence-corrected chi connectivity index (χ0v) is 7.98. The topological polar surface area (TPSA) is 4.93 Å². The van der Waals surface area contributed by atoms with E-state index in [1.807, 2.05) is 29.8 Å². The number of halogens is 2. The van der Waals surface area contributed by atoms with Crippen LogP contribution in [0.15, 0.2) is 24.4 Å². The van der Waals surface area contributed by atoms with Gasteiger partial charge in [-0.25, -0.2) is 4.39 Å². The van der Waals surface area contributed by atoms with Gasteiger partial charge in [-0.3, -0.25) is 0 Å². The van der Waals surface area contributed by atoms with Crippen molar-refractivity contribution in [3.8, 4) is 0 Å². The van der Waals surface area contributed by atoms with Crippen LogP contribution in [0.4, 0.5) is 4.39 Å². The minimum Gasteiger partial charge on any atom is -0.345 e. The fourth-order valence-electron chi connectivity index (χ4n) is 1.49. The zero-order chi connectivity index (χ0) is 9.42. The summed E-state index contributed by atoms with van der Waals surface area (Å²) in [4.78, 5) is 0. The van der Waals surface area contributed by atoms with Crippen LogP contribution in [0, 0.1) is 5.82 Å². The first kappa shape index (κ1) is 8.57. The molecule has 0 aliphatic heterocycles. The summed E-state index contributed by atoms with van der Waals surface area (Å²) in [6.45, 7) is 2.72. The second-order valence-electron chi connectivity index (χ2n) is 2.90. The number of benzene rings is 1. The van der Waals surface area contributed by atoms with E-state index in [9.17, 15) is 4.39 Å². The summed E-state index contributed by atoms with van der Waals surface area (Å²) in [6.07, 6.45) is 1.87. The molecule has 0 radical (unpaired) electrons. The molecule has 0 amide bonds. The van der Waals surface area contributed by atoms with Crippen LogP contribution in [0.25, 0.3) is 10.9 Å². The number of hydrogen-bond donors (Lipinski definition) is 0. The van der Waals surface area contributed by atoms with Crippen molar-refractivity contribution in [2.75, 3.05) is 0 Å². The third-order valence-electron chi connectivity index (χ3n) is 2.16. The Morgan fingerprint density at radius 2 is 2.15 bits per heavy atom. The molecule has 13 heavy (non-hydrogen) atoms. The van der Waals surface area contributed by atoms with Gasteiger partial charge in [0.2, 0.25) is 0 Å². The van der Waals surface area contributed by atoms with E-state index in [2.05, 4.69) is 0 Å². The number of nitrogens with zero attached hydrogens (tertiary/aromatic N) is 1. The van der Waals surface area contributed by atoms with Gasteiger partial charge in [-0.15, -0.1) is 0 Å². The number of hydrogen-bond acceptors (Lipinski definition) is 0. The van der Waals surface area contributed by atoms with Crippen LogP contribution in [0.5, 0.6) is 0 Å². The highest BCUT2D eigenvalue weighted by molar-refractivity contribution is 6.31. The van der Waals surface area contributed by atoms with Gasteiger partial charge in [0.1, 0.15) is 0 Å². The van der Waals surface area contributed by atoms with Crippen molar-refractivity contribution < 1.29 is 4.39 Å². The summed E-state index contributed by atoms with van der Waals surface area (Å²) in [5.74, 6) is -0.328. The molecule has 0 spiro atoms. The van der Waals surface area contributed by atoms with Gasteiger partial charge >= 0.3 is 0 Å². The number of aromatic nitrogens is 1. The maximum absolute atomic E-state index is 13.5. The lowest BCUT2D eigenvalue weighted by Crippen LogP contribution is -1.93. The van der Waals surface area contributed by atoms with E-state index in [1.54, 1.807) is 6.07 Å². The smallest absolute Gasteiger partial charge is 0.165 e. The van der Waals surface area contributed by atoms with E-state index in [0.717, 1.165) is 11.9 Å². The Morgan fingerprint density at radius 3 is 2.85 bits per heavy atom. The molecular weight excluding hydrogens is 189 g/mol. The standard InChI is InChI=1S/C10H9ClFN/c1-2-13-6-5-7-3-4-8(11)9(12)10(7)13/h3-6H,2H2,1H3. The lowest BCUT2D eigenvalue weighted by Gasteiger charge is -2.02. The van der Waals surface area contributed by atoms with Gasteiger partial charge in [-0.1, -0.05) is 17.7 Å². The predicted molar refractivity (Wildman–Crippen MR) is 52.6 cm³/mol. The summed E-state index contributed by atoms with van der Waals surface area (Å²) < 4.78 is 15.4. The quantitative estimate of drug-likeness (QED) is 0.660. The highest BCUT2D eigenvalue weighted by Gasteiger charge is 2.08. The largest absolute Gasteiger partial charge is 0.345 e. The van der Waals surface area contributed by atoms with Gasteiger partial charge < -0.3 is 4.57 Å². The second-order valence-corrected chi connectivity index (χ2v) is 3.31. The molecule has 1 aromatic heterocycles. The van der Waals surface area contributed by atoms with Crippen molar-refractivity contribution in [2.45, 2.75) is 13.5 Å². The molecule has 68 valence electrons. The van der Waals surface area contributed by atoms with E-state index >= 15 is 0 Å². The Morgan fingerprint density at radius 1 is 1.38 bits per heavy atom. The van der Waals surface area contributed by atoms with Crippen LogP contribution >= 0.6 is 11.6 Å². The summed E-state index contributed by atoms with van der Waals surface area (Å²) in [5, 5.41) is 1.07. The third-order valence-corrected chi connectivity index (χ3v) is 2.45. The van der Waals surface area contributed by atoms with Crippen molar-refractivity contribution >= 4 is 22.5 Å². The normalized spacial score (nSPS) is 11.0. The average Bonchev–Trinajstić information content (AvgIpc) is 2.55. The van der Waals surface area contributed by atoms with Gasteiger partial charge in [0, 0.05) is 18.1 Å². The molecule has 0 atom stereocenters. The van der Waals surface area contributed by atoms with Crippen LogP contribution in [0.1, 0.15) is 6.92 Å². The fourth-order valence-corrected chi connectivity index (χ4v) is 1.64. The van der Waals surface area contributed by atoms with Gasteiger partial charge in [0.05, 0.1) is 10.5 Å². The van der Waals surface area contributed by atoms with E-state index in [-0.39, 0.29) is 10.8 Å². The Kier molecular flexibility index (Phi) is 2.00. The van der Waals surface area contributed by atoms with Gasteiger partial charge in [0.15, 0.2) is 5.82 Å². The number of fused-ring (bicyclic) bond motifs is 1. The molecule has 0 unspecified atom stereocenters. The molecule has 0 saturated carbocycles. The molecule has 1 heterocycles. The second kappa shape index (κ2) is 3.04. The fraction of sp³-hybridized carbons (Fsp3) is 0.200. The molecule has 0 aliphatic carbocycles. The SMILES string of the molecule is CCn1ccc2ccc(Cl)c(F)c21. The van der Waals surface area contributed by atoms with Crippen LogP contribution in [0.2, 0.25) is 5.02 Å². The zero-order valence-electron chi connectivity index (χ0n) is 7.22. The number of rotatable bonds is 1. The molecule has 2 rings (SSSR count). The van der Waals surface area contributed by atoms with Crippen molar-refractivity contribution in [1.82, 2.24) is 4.57 Å². The van der Waals surface area contributed by atoms with Gasteiger partial charge in [-0.05, 0) is 19.1 Å². The van der Waals surface area contributed by atoms with Crippen molar-refractivity contribution in [2.24, 2.45) is 0 Å². The molecule has 2 aromatic rings. The Hall–Kier alpha value is -1.02. The molecule has 1 nitrogen and oxygen atoms in total. The summed E-state index contributed by atoms with van der Waals surface area (Å²) in [5.41, 5.74) is 0.593. The van der Waals surface area contributed by atoms with E-state index in [1.165, 1.54) is 0 Å². The highest BCUT2D eigenvalue weighted by atomic mass is 35.5. The third kappa shape index (κ3) is 1.22. The summed E-state index contributed by atoms with van der Waals surface area (Å²) in [7, 11) is 0. The molecular formula is C10H9ClFN. The first-order valence-electron chi connectivity index (χ1n) is 4.17. The Bertz CT molecular complexity index is 447. The van der Waals surface area contributed by atoms with E-state index < -0.39 is 0 Å². The lowest BCUT2D eigenvalue weighted by molar-refractivity contribution is 0.627. The average molecular weight is 198 g/mol. The summed E-state index contributed by atoms with van der Waals surface area (Å²) >= 11 is 5.69. The Balaban J connectivity index is 2.85. The molecule has 0 bridgehead atoms. The van der Waals surface area contributed by atoms with Crippen LogP contribution in [-0.4, -0.2) is 4.57 Å². The molecule has 0 fully saturated rings. The maximum atomic E-state index is 13.5. The summed E-state index contributed by atoms with van der Waals surface area (Å²) in [6, 6.07) is 5.30. The van der Waals surface area contributed by atoms with E-state index in [0.29, 0.717) is 5.52 Å². The van der Waals surface area contributed by atoms with Crippen LogP contribution in [-0.2, 0) is 6.54 Å². The first-order chi connectivity index (χ1) is 6.24. The number of aryl methyl sites for hydroxylation is 1. The van der Waals surface area contributed by atoms with Crippen molar-refractivity contribution in [3.63, 3.8) is 0 Å². The minimum atomic E-state index is -0.328. The minimum absolute atomic E-state index is 0.181. The van der Waals surface area contributed by atoms with Gasteiger partial charge in [0.25, 0.3) is 0 Å². The molecule has 3 heteroatoms. The van der Waals surface area contributed by atoms with E-state index in [4.69, 9.17) is 11.6 Å². The van der Waals surface area contributed by atoms with Crippen molar-refractivity contribution in [1.29, 1.82) is 0 Å². The maximum Gasteiger partial charge on any atom is 0.165 e. The first-order valence-corrected chi connectivity index (χ1v) is 4.54. The predicted octanol–water partition coefficient (Wildman–Crippen LogP) is 3.45. The molecule has 0 N–H and O–H groups in total. The Labute approximate surface area is 80.7 Å².